The first kappa shape index (κ1) is 10.8. The third-order valence-electron chi connectivity index (χ3n) is 2.27. The van der Waals surface area contributed by atoms with Crippen molar-refractivity contribution in [3.63, 3.8) is 0 Å². The quantitative estimate of drug-likeness (QED) is 0.646. The number of benzene rings is 1. The summed E-state index contributed by atoms with van der Waals surface area (Å²) in [6.45, 7) is 2.21. The van der Waals surface area contributed by atoms with Crippen LogP contribution in [0.1, 0.15) is 18.9 Å². The van der Waals surface area contributed by atoms with Crippen LogP contribution in [0.2, 0.25) is 0 Å². The summed E-state index contributed by atoms with van der Waals surface area (Å²) in [6, 6.07) is 10.6. The number of rotatable bonds is 5. The van der Waals surface area contributed by atoms with E-state index < -0.39 is 0 Å². The molecule has 0 saturated carbocycles. The Morgan fingerprint density at radius 1 is 1.29 bits per heavy atom. The van der Waals surface area contributed by atoms with Crippen LogP contribution in [0, 0.1) is 5.92 Å². The lowest BCUT2D eigenvalue weighted by Gasteiger charge is -2.05. The molecule has 0 radical (unpaired) electrons. The third kappa shape index (κ3) is 4.13. The Kier molecular flexibility index (Phi) is 4.84. The van der Waals surface area contributed by atoms with Gasteiger partial charge in [-0.25, -0.2) is 0 Å². The SMILES string of the molecule is CO/C=C/C(C)CCc1ccccc1. The Morgan fingerprint density at radius 3 is 2.64 bits per heavy atom. The Balaban J connectivity index is 2.30. The summed E-state index contributed by atoms with van der Waals surface area (Å²) < 4.78 is 4.88. The molecule has 0 saturated heterocycles. The average Bonchev–Trinajstić information content (AvgIpc) is 2.25. The fourth-order valence-electron chi connectivity index (χ4n) is 1.35. The summed E-state index contributed by atoms with van der Waals surface area (Å²) in [6.07, 6.45) is 6.17. The van der Waals surface area contributed by atoms with Gasteiger partial charge in [-0.15, -0.1) is 0 Å². The van der Waals surface area contributed by atoms with Gasteiger partial charge in [0.15, 0.2) is 0 Å². The van der Waals surface area contributed by atoms with E-state index in [4.69, 9.17) is 4.74 Å². The van der Waals surface area contributed by atoms with Gasteiger partial charge in [0.2, 0.25) is 0 Å². The molecule has 0 aliphatic rings. The van der Waals surface area contributed by atoms with Gasteiger partial charge in [0.1, 0.15) is 0 Å². The molecule has 1 heteroatoms. The van der Waals surface area contributed by atoms with Gasteiger partial charge in [-0.05, 0) is 30.4 Å². The van der Waals surface area contributed by atoms with Gasteiger partial charge in [-0.3, -0.25) is 0 Å². The molecule has 0 aromatic heterocycles. The van der Waals surface area contributed by atoms with Crippen molar-refractivity contribution >= 4 is 0 Å². The van der Waals surface area contributed by atoms with Gasteiger partial charge < -0.3 is 4.74 Å². The first-order valence-corrected chi connectivity index (χ1v) is 5.06. The van der Waals surface area contributed by atoms with E-state index in [-0.39, 0.29) is 0 Å². The lowest BCUT2D eigenvalue weighted by atomic mass is 10.0. The van der Waals surface area contributed by atoms with Crippen LogP contribution in [0.3, 0.4) is 0 Å². The second-order valence-corrected chi connectivity index (χ2v) is 3.57. The van der Waals surface area contributed by atoms with Crippen molar-refractivity contribution in [3.8, 4) is 0 Å². The minimum Gasteiger partial charge on any atom is -0.505 e. The molecule has 0 N–H and O–H groups in total. The molecule has 0 spiro atoms. The van der Waals surface area contributed by atoms with Crippen LogP contribution >= 0.6 is 0 Å². The number of methoxy groups -OCH3 is 1. The molecule has 1 unspecified atom stereocenters. The molecule has 1 aromatic rings. The van der Waals surface area contributed by atoms with Gasteiger partial charge in [-0.1, -0.05) is 37.3 Å². The molecular weight excluding hydrogens is 172 g/mol. The van der Waals surface area contributed by atoms with Crippen LogP contribution in [-0.2, 0) is 11.2 Å². The minimum atomic E-state index is 0.579. The van der Waals surface area contributed by atoms with Crippen LogP contribution in [0.4, 0.5) is 0 Å². The van der Waals surface area contributed by atoms with Crippen molar-refractivity contribution in [1.29, 1.82) is 0 Å². The van der Waals surface area contributed by atoms with E-state index >= 15 is 0 Å². The molecule has 14 heavy (non-hydrogen) atoms. The fraction of sp³-hybridized carbons (Fsp3) is 0.385. The molecule has 0 bridgehead atoms. The highest BCUT2D eigenvalue weighted by atomic mass is 16.5. The Morgan fingerprint density at radius 2 is 2.00 bits per heavy atom. The van der Waals surface area contributed by atoms with E-state index in [9.17, 15) is 0 Å². The van der Waals surface area contributed by atoms with Crippen LogP contribution in [0.15, 0.2) is 42.7 Å². The number of allylic oxidation sites excluding steroid dienone is 1. The van der Waals surface area contributed by atoms with Crippen LogP contribution in [-0.4, -0.2) is 7.11 Å². The van der Waals surface area contributed by atoms with E-state index in [0.29, 0.717) is 5.92 Å². The van der Waals surface area contributed by atoms with Crippen LogP contribution < -0.4 is 0 Å². The molecule has 0 amide bonds. The van der Waals surface area contributed by atoms with Crippen molar-refractivity contribution in [2.24, 2.45) is 5.92 Å². The zero-order chi connectivity index (χ0) is 10.2. The summed E-state index contributed by atoms with van der Waals surface area (Å²) in [7, 11) is 1.68. The predicted molar refractivity (Wildman–Crippen MR) is 60.1 cm³/mol. The minimum absolute atomic E-state index is 0.579. The van der Waals surface area contributed by atoms with E-state index in [2.05, 4.69) is 43.3 Å². The Hall–Kier alpha value is -1.24. The first-order chi connectivity index (χ1) is 6.83. The maximum Gasteiger partial charge on any atom is 0.0787 e. The predicted octanol–water partition coefficient (Wildman–Crippen LogP) is 3.42. The normalized spacial score (nSPS) is 13.0. The van der Waals surface area contributed by atoms with E-state index in [1.165, 1.54) is 12.0 Å². The van der Waals surface area contributed by atoms with Gasteiger partial charge in [-0.2, -0.15) is 0 Å². The van der Waals surface area contributed by atoms with Crippen LogP contribution in [0.5, 0.6) is 0 Å². The molecule has 0 heterocycles. The second kappa shape index (κ2) is 6.25. The standard InChI is InChI=1S/C13H18O/c1-12(10-11-14-2)8-9-13-6-4-3-5-7-13/h3-7,10-12H,8-9H2,1-2H3/b11-10+. The van der Waals surface area contributed by atoms with Crippen molar-refractivity contribution in [2.75, 3.05) is 7.11 Å². The first-order valence-electron chi connectivity index (χ1n) is 5.06. The van der Waals surface area contributed by atoms with E-state index in [1.54, 1.807) is 13.4 Å². The lowest BCUT2D eigenvalue weighted by molar-refractivity contribution is 0.333. The number of ether oxygens (including phenoxy) is 1. The smallest absolute Gasteiger partial charge is 0.0787 e. The maximum atomic E-state index is 4.88. The van der Waals surface area contributed by atoms with Crippen LogP contribution in [0.25, 0.3) is 0 Å². The van der Waals surface area contributed by atoms with Gasteiger partial charge in [0.25, 0.3) is 0 Å². The topological polar surface area (TPSA) is 9.23 Å². The molecule has 76 valence electrons. The highest BCUT2D eigenvalue weighted by Crippen LogP contribution is 2.10. The Labute approximate surface area is 86.4 Å². The molecular formula is C13H18O. The Bertz CT molecular complexity index is 264. The number of hydrogen-bond acceptors (Lipinski definition) is 1. The molecule has 1 nitrogen and oxygen atoms in total. The highest BCUT2D eigenvalue weighted by molar-refractivity contribution is 5.14. The summed E-state index contributed by atoms with van der Waals surface area (Å²) in [5.74, 6) is 0.579. The third-order valence-corrected chi connectivity index (χ3v) is 2.27. The van der Waals surface area contributed by atoms with Gasteiger partial charge >= 0.3 is 0 Å². The lowest BCUT2D eigenvalue weighted by Crippen LogP contribution is -1.93. The van der Waals surface area contributed by atoms with Gasteiger partial charge in [0.05, 0.1) is 13.4 Å². The average molecular weight is 190 g/mol. The van der Waals surface area contributed by atoms with E-state index in [0.717, 1.165) is 6.42 Å². The molecule has 0 aliphatic heterocycles. The summed E-state index contributed by atoms with van der Waals surface area (Å²) in [5.41, 5.74) is 1.41. The summed E-state index contributed by atoms with van der Waals surface area (Å²) in [4.78, 5) is 0. The number of aryl methyl sites for hydroxylation is 1. The zero-order valence-corrected chi connectivity index (χ0v) is 8.94. The highest BCUT2D eigenvalue weighted by Gasteiger charge is 1.97. The molecule has 0 aliphatic carbocycles. The molecule has 1 rings (SSSR count). The molecule has 1 atom stereocenters. The largest absolute Gasteiger partial charge is 0.505 e. The summed E-state index contributed by atoms with van der Waals surface area (Å²) in [5, 5.41) is 0. The van der Waals surface area contributed by atoms with Crippen molar-refractivity contribution in [3.05, 3.63) is 48.2 Å². The second-order valence-electron chi connectivity index (χ2n) is 3.57. The van der Waals surface area contributed by atoms with Gasteiger partial charge in [0, 0.05) is 0 Å². The van der Waals surface area contributed by atoms with E-state index in [1.807, 2.05) is 0 Å². The van der Waals surface area contributed by atoms with Crippen molar-refractivity contribution in [1.82, 2.24) is 0 Å². The van der Waals surface area contributed by atoms with Crippen molar-refractivity contribution in [2.45, 2.75) is 19.8 Å². The van der Waals surface area contributed by atoms with Crippen molar-refractivity contribution < 1.29 is 4.74 Å². The zero-order valence-electron chi connectivity index (χ0n) is 8.94. The maximum absolute atomic E-state index is 4.88. The molecule has 1 aromatic carbocycles. The fourth-order valence-corrected chi connectivity index (χ4v) is 1.35. The number of hydrogen-bond donors (Lipinski definition) is 0. The monoisotopic (exact) mass is 190 g/mol. The summed E-state index contributed by atoms with van der Waals surface area (Å²) >= 11 is 0. The molecule has 0 fully saturated rings.